The Labute approximate surface area is 118 Å². The first-order valence-corrected chi connectivity index (χ1v) is 7.50. The third-order valence-electron chi connectivity index (χ3n) is 3.27. The number of amides is 1. The van der Waals surface area contributed by atoms with Crippen LogP contribution in [0.2, 0.25) is 0 Å². The highest BCUT2D eigenvalue weighted by atomic mass is 32.2. The number of carbonyl (C=O) groups is 1. The van der Waals surface area contributed by atoms with Crippen LogP contribution in [0.15, 0.2) is 24.3 Å². The van der Waals surface area contributed by atoms with Crippen LogP contribution in [0, 0.1) is 6.92 Å². The number of aryl methyl sites for hydroxylation is 1. The fourth-order valence-electron chi connectivity index (χ4n) is 2.08. The first-order valence-electron chi connectivity index (χ1n) is 6.10. The molecule has 1 aliphatic rings. The zero-order valence-electron chi connectivity index (χ0n) is 11.8. The number of fused-ring (bicyclic) bond motifs is 1. The highest BCUT2D eigenvalue weighted by molar-refractivity contribution is 7.94. The van der Waals surface area contributed by atoms with Gasteiger partial charge in [0.1, 0.15) is 0 Å². The molecular weight excluding hydrogens is 278 g/mol. The number of anilines is 3. The van der Waals surface area contributed by atoms with Crippen LogP contribution in [0.5, 0.6) is 0 Å². The molecule has 0 saturated carbocycles. The molecule has 20 heavy (non-hydrogen) atoms. The lowest BCUT2D eigenvalue weighted by Crippen LogP contribution is -2.32. The van der Waals surface area contributed by atoms with Crippen LogP contribution in [0.3, 0.4) is 0 Å². The van der Waals surface area contributed by atoms with Gasteiger partial charge in [0.05, 0.1) is 11.4 Å². The van der Waals surface area contributed by atoms with E-state index in [1.807, 2.05) is 6.92 Å². The Balaban J connectivity index is 2.48. The molecule has 0 spiro atoms. The highest BCUT2D eigenvalue weighted by Crippen LogP contribution is 2.41. The molecule has 2 rings (SSSR count). The summed E-state index contributed by atoms with van der Waals surface area (Å²) in [6, 6.07) is 3.43. The average molecular weight is 295 g/mol. The first kappa shape index (κ1) is 14.4. The summed E-state index contributed by atoms with van der Waals surface area (Å²) >= 11 is 0. The second kappa shape index (κ2) is 4.82. The van der Waals surface area contributed by atoms with Crippen molar-refractivity contribution < 1.29 is 13.2 Å². The molecule has 0 bridgehead atoms. The molecule has 1 aliphatic heterocycles. The normalized spacial score (nSPS) is 16.6. The number of nitrogens with zero attached hydrogens (tertiary/aromatic N) is 2. The standard InChI is InChI=1S/C13H17N3O3S/c1-5-6-13(17)14-10-8-12-11(7-9(10)2)15(3)20(18,19)16(12)4/h5-8H,1-4H3,(H,14,17)/b6-5+. The Hall–Kier alpha value is -2.02. The zero-order valence-corrected chi connectivity index (χ0v) is 12.7. The Bertz CT molecular complexity index is 695. The van der Waals surface area contributed by atoms with E-state index in [-0.39, 0.29) is 5.91 Å². The minimum absolute atomic E-state index is 0.243. The Kier molecular flexibility index (Phi) is 3.47. The Morgan fingerprint density at radius 2 is 1.75 bits per heavy atom. The van der Waals surface area contributed by atoms with Crippen molar-refractivity contribution in [2.45, 2.75) is 13.8 Å². The molecule has 0 aromatic heterocycles. The molecule has 0 unspecified atom stereocenters. The zero-order chi connectivity index (χ0) is 15.1. The molecule has 7 heteroatoms. The maximum Gasteiger partial charge on any atom is 0.326 e. The maximum absolute atomic E-state index is 12.1. The van der Waals surface area contributed by atoms with Crippen molar-refractivity contribution in [3.05, 3.63) is 29.8 Å². The number of carbonyl (C=O) groups excluding carboxylic acids is 1. The average Bonchev–Trinajstić information content (AvgIpc) is 2.53. The van der Waals surface area contributed by atoms with Crippen molar-refractivity contribution >= 4 is 33.2 Å². The van der Waals surface area contributed by atoms with Crippen LogP contribution in [0.4, 0.5) is 17.1 Å². The number of allylic oxidation sites excluding steroid dienone is 1. The summed E-state index contributed by atoms with van der Waals surface area (Å²) in [5.74, 6) is -0.243. The topological polar surface area (TPSA) is 69.7 Å². The number of hydrogen-bond donors (Lipinski definition) is 1. The smallest absolute Gasteiger partial charge is 0.322 e. The number of rotatable bonds is 2. The van der Waals surface area contributed by atoms with Crippen LogP contribution in [-0.2, 0) is 15.0 Å². The van der Waals surface area contributed by atoms with Crippen molar-refractivity contribution in [2.24, 2.45) is 0 Å². The molecule has 1 amide bonds. The van der Waals surface area contributed by atoms with E-state index in [1.165, 1.54) is 28.8 Å². The van der Waals surface area contributed by atoms with Gasteiger partial charge in [0.2, 0.25) is 5.91 Å². The van der Waals surface area contributed by atoms with E-state index in [0.29, 0.717) is 17.1 Å². The van der Waals surface area contributed by atoms with Crippen molar-refractivity contribution in [1.29, 1.82) is 0 Å². The Morgan fingerprint density at radius 1 is 1.20 bits per heavy atom. The molecule has 1 N–H and O–H groups in total. The second-order valence-corrected chi connectivity index (χ2v) is 6.58. The van der Waals surface area contributed by atoms with E-state index in [0.717, 1.165) is 5.56 Å². The van der Waals surface area contributed by atoms with Crippen LogP contribution >= 0.6 is 0 Å². The van der Waals surface area contributed by atoms with Gasteiger partial charge in [-0.25, -0.2) is 0 Å². The van der Waals surface area contributed by atoms with Gasteiger partial charge < -0.3 is 5.32 Å². The molecule has 1 heterocycles. The summed E-state index contributed by atoms with van der Waals surface area (Å²) in [4.78, 5) is 11.6. The molecule has 0 saturated heterocycles. The van der Waals surface area contributed by atoms with Gasteiger partial charge in [-0.1, -0.05) is 6.08 Å². The van der Waals surface area contributed by atoms with Gasteiger partial charge in [-0.15, -0.1) is 0 Å². The summed E-state index contributed by atoms with van der Waals surface area (Å²) in [5.41, 5.74) is 2.56. The summed E-state index contributed by atoms with van der Waals surface area (Å²) < 4.78 is 26.5. The minimum Gasteiger partial charge on any atom is -0.322 e. The van der Waals surface area contributed by atoms with Crippen molar-refractivity contribution in [3.63, 3.8) is 0 Å². The van der Waals surface area contributed by atoms with E-state index in [2.05, 4.69) is 5.32 Å². The van der Waals surface area contributed by atoms with Crippen LogP contribution in [-0.4, -0.2) is 28.4 Å². The predicted octanol–water partition coefficient (Wildman–Crippen LogP) is 1.64. The highest BCUT2D eigenvalue weighted by Gasteiger charge is 2.35. The third-order valence-corrected chi connectivity index (χ3v) is 5.05. The lowest BCUT2D eigenvalue weighted by atomic mass is 10.1. The van der Waals surface area contributed by atoms with Crippen molar-refractivity contribution in [1.82, 2.24) is 0 Å². The van der Waals surface area contributed by atoms with E-state index >= 15 is 0 Å². The molecular formula is C13H17N3O3S. The van der Waals surface area contributed by atoms with E-state index in [9.17, 15) is 13.2 Å². The van der Waals surface area contributed by atoms with Gasteiger partial charge in [-0.2, -0.15) is 8.42 Å². The van der Waals surface area contributed by atoms with Gasteiger partial charge in [0.25, 0.3) is 0 Å². The van der Waals surface area contributed by atoms with Gasteiger partial charge >= 0.3 is 10.2 Å². The van der Waals surface area contributed by atoms with E-state index in [1.54, 1.807) is 25.1 Å². The lowest BCUT2D eigenvalue weighted by Gasteiger charge is -2.13. The summed E-state index contributed by atoms with van der Waals surface area (Å²) in [5, 5.41) is 2.74. The van der Waals surface area contributed by atoms with Crippen LogP contribution < -0.4 is 13.9 Å². The number of hydrogen-bond acceptors (Lipinski definition) is 3. The molecule has 0 radical (unpaired) electrons. The lowest BCUT2D eigenvalue weighted by molar-refractivity contribution is -0.111. The molecule has 0 atom stereocenters. The SMILES string of the molecule is C/C=C/C(=O)Nc1cc2c(cc1C)N(C)S(=O)(=O)N2C. The second-order valence-electron chi connectivity index (χ2n) is 4.59. The van der Waals surface area contributed by atoms with Crippen molar-refractivity contribution in [3.8, 4) is 0 Å². The first-order chi connectivity index (χ1) is 9.28. The molecule has 0 fully saturated rings. The fraction of sp³-hybridized carbons (Fsp3) is 0.308. The van der Waals surface area contributed by atoms with Gasteiger partial charge in [-0.3, -0.25) is 13.4 Å². The monoisotopic (exact) mass is 295 g/mol. The fourth-order valence-corrected chi connectivity index (χ4v) is 3.24. The molecule has 6 nitrogen and oxygen atoms in total. The van der Waals surface area contributed by atoms with Crippen LogP contribution in [0.25, 0.3) is 0 Å². The number of nitrogens with one attached hydrogen (secondary N) is 1. The van der Waals surface area contributed by atoms with E-state index < -0.39 is 10.2 Å². The molecule has 1 aromatic carbocycles. The van der Waals surface area contributed by atoms with Gasteiger partial charge in [-0.05, 0) is 37.6 Å². The van der Waals surface area contributed by atoms with E-state index in [4.69, 9.17) is 0 Å². The number of benzene rings is 1. The summed E-state index contributed by atoms with van der Waals surface area (Å²) in [7, 11) is -0.495. The maximum atomic E-state index is 12.1. The summed E-state index contributed by atoms with van der Waals surface area (Å²) in [6.07, 6.45) is 3.06. The molecule has 0 aliphatic carbocycles. The minimum atomic E-state index is -3.50. The van der Waals surface area contributed by atoms with Gasteiger partial charge in [0, 0.05) is 19.8 Å². The molecule has 108 valence electrons. The Morgan fingerprint density at radius 3 is 2.30 bits per heavy atom. The van der Waals surface area contributed by atoms with Crippen LogP contribution in [0.1, 0.15) is 12.5 Å². The third kappa shape index (κ3) is 2.14. The summed E-state index contributed by atoms with van der Waals surface area (Å²) in [6.45, 7) is 3.58. The largest absolute Gasteiger partial charge is 0.326 e. The van der Waals surface area contributed by atoms with Gasteiger partial charge in [0.15, 0.2) is 0 Å². The predicted molar refractivity (Wildman–Crippen MR) is 80.3 cm³/mol. The quantitative estimate of drug-likeness (QED) is 0.843. The van der Waals surface area contributed by atoms with Crippen molar-refractivity contribution in [2.75, 3.05) is 28.0 Å². The molecule has 1 aromatic rings.